The maximum absolute atomic E-state index is 6.09. The number of anilines is 1. The minimum Gasteiger partial charge on any atom is -0.381 e. The molecule has 86 valence electrons. The van der Waals surface area contributed by atoms with Crippen LogP contribution in [0.4, 0.5) is 5.69 Å². The molecule has 2 aliphatic carbocycles. The lowest BCUT2D eigenvalue weighted by Crippen LogP contribution is -2.25. The molecule has 1 aromatic carbocycles. The van der Waals surface area contributed by atoms with Crippen molar-refractivity contribution in [2.24, 2.45) is 11.8 Å². The lowest BCUT2D eigenvalue weighted by molar-refractivity contribution is 0.439. The molecule has 2 saturated carbocycles. The average molecular weight is 301 g/mol. The molecule has 3 unspecified atom stereocenters. The fourth-order valence-electron chi connectivity index (χ4n) is 3.24. The molecule has 0 saturated heterocycles. The molecule has 0 spiro atoms. The van der Waals surface area contributed by atoms with Gasteiger partial charge < -0.3 is 5.32 Å². The van der Waals surface area contributed by atoms with Crippen LogP contribution in [0, 0.1) is 11.8 Å². The molecule has 1 nitrogen and oxygen atoms in total. The zero-order valence-electron chi connectivity index (χ0n) is 9.05. The van der Waals surface area contributed by atoms with Gasteiger partial charge in [0.2, 0.25) is 0 Å². The number of benzene rings is 1. The second-order valence-corrected chi connectivity index (χ2v) is 6.23. The molecule has 0 amide bonds. The zero-order valence-corrected chi connectivity index (χ0v) is 11.4. The largest absolute Gasteiger partial charge is 0.381 e. The van der Waals surface area contributed by atoms with Gasteiger partial charge in [0.05, 0.1) is 15.2 Å². The normalized spacial score (nSPS) is 32.0. The van der Waals surface area contributed by atoms with Crippen LogP contribution in [0.3, 0.4) is 0 Å². The van der Waals surface area contributed by atoms with E-state index in [1.54, 1.807) is 0 Å². The summed E-state index contributed by atoms with van der Waals surface area (Å²) in [6.07, 6.45) is 5.61. The smallest absolute Gasteiger partial charge is 0.0593 e. The van der Waals surface area contributed by atoms with Crippen molar-refractivity contribution in [1.29, 1.82) is 0 Å². The lowest BCUT2D eigenvalue weighted by Gasteiger charge is -2.24. The van der Waals surface area contributed by atoms with Crippen molar-refractivity contribution >= 4 is 33.2 Å². The van der Waals surface area contributed by atoms with Crippen LogP contribution >= 0.6 is 27.5 Å². The van der Waals surface area contributed by atoms with Crippen molar-refractivity contribution in [3.8, 4) is 0 Å². The molecule has 3 atom stereocenters. The molecule has 2 bridgehead atoms. The molecule has 3 heteroatoms. The van der Waals surface area contributed by atoms with Gasteiger partial charge >= 0.3 is 0 Å². The van der Waals surface area contributed by atoms with E-state index in [0.717, 1.165) is 27.0 Å². The number of hydrogen-bond acceptors (Lipinski definition) is 1. The highest BCUT2D eigenvalue weighted by Crippen LogP contribution is 2.46. The number of halogens is 2. The fourth-order valence-corrected chi connectivity index (χ4v) is 3.79. The molecule has 1 aromatic rings. The predicted molar refractivity (Wildman–Crippen MR) is 72.0 cm³/mol. The van der Waals surface area contributed by atoms with Crippen LogP contribution in [0.1, 0.15) is 25.7 Å². The van der Waals surface area contributed by atoms with Gasteiger partial charge in [0.15, 0.2) is 0 Å². The third kappa shape index (κ3) is 1.86. The lowest BCUT2D eigenvalue weighted by atomic mass is 9.95. The Morgan fingerprint density at radius 3 is 2.81 bits per heavy atom. The second-order valence-electron chi connectivity index (χ2n) is 5.03. The first-order chi connectivity index (χ1) is 7.74. The van der Waals surface area contributed by atoms with E-state index in [1.807, 2.05) is 12.1 Å². The molecule has 16 heavy (non-hydrogen) atoms. The summed E-state index contributed by atoms with van der Waals surface area (Å²) in [6.45, 7) is 0. The molecule has 2 fully saturated rings. The topological polar surface area (TPSA) is 12.0 Å². The van der Waals surface area contributed by atoms with E-state index in [1.165, 1.54) is 25.7 Å². The van der Waals surface area contributed by atoms with E-state index in [2.05, 4.69) is 27.3 Å². The average Bonchev–Trinajstić information content (AvgIpc) is 2.86. The summed E-state index contributed by atoms with van der Waals surface area (Å²) in [4.78, 5) is 0. The van der Waals surface area contributed by atoms with Crippen LogP contribution in [0.15, 0.2) is 22.7 Å². The minimum absolute atomic E-state index is 0.661. The van der Waals surface area contributed by atoms with E-state index in [-0.39, 0.29) is 0 Å². The van der Waals surface area contributed by atoms with Gasteiger partial charge in [-0.15, -0.1) is 0 Å². The summed E-state index contributed by atoms with van der Waals surface area (Å²) in [5, 5.41) is 4.44. The summed E-state index contributed by atoms with van der Waals surface area (Å²) in [5.41, 5.74) is 1.14. The molecule has 0 heterocycles. The van der Waals surface area contributed by atoms with Gasteiger partial charge in [-0.25, -0.2) is 0 Å². The first-order valence-electron chi connectivity index (χ1n) is 5.94. The predicted octanol–water partition coefficient (Wildman–Crippen LogP) is 4.70. The minimum atomic E-state index is 0.661. The van der Waals surface area contributed by atoms with E-state index in [4.69, 9.17) is 11.6 Å². The molecule has 2 aliphatic rings. The van der Waals surface area contributed by atoms with Gasteiger partial charge in [0.1, 0.15) is 0 Å². The Hall–Kier alpha value is -0.210. The Morgan fingerprint density at radius 1 is 1.25 bits per heavy atom. The number of rotatable bonds is 2. The third-order valence-electron chi connectivity index (χ3n) is 4.03. The second kappa shape index (κ2) is 4.23. The van der Waals surface area contributed by atoms with Crippen LogP contribution < -0.4 is 5.32 Å². The highest BCUT2D eigenvalue weighted by Gasteiger charge is 2.39. The van der Waals surface area contributed by atoms with Crippen molar-refractivity contribution in [1.82, 2.24) is 0 Å². The Morgan fingerprint density at radius 2 is 2.12 bits per heavy atom. The van der Waals surface area contributed by atoms with Gasteiger partial charge in [-0.05, 0) is 59.2 Å². The Bertz CT molecular complexity index is 407. The first kappa shape index (κ1) is 10.9. The van der Waals surface area contributed by atoms with Crippen LogP contribution in [-0.2, 0) is 0 Å². The molecule has 0 aromatic heterocycles. The fraction of sp³-hybridized carbons (Fsp3) is 0.538. The van der Waals surface area contributed by atoms with Crippen LogP contribution in [0.2, 0.25) is 5.02 Å². The van der Waals surface area contributed by atoms with Gasteiger partial charge in [-0.1, -0.05) is 24.1 Å². The summed E-state index contributed by atoms with van der Waals surface area (Å²) in [5.74, 6) is 1.86. The highest BCUT2D eigenvalue weighted by molar-refractivity contribution is 9.10. The summed E-state index contributed by atoms with van der Waals surface area (Å²) >= 11 is 9.64. The zero-order chi connectivity index (χ0) is 11.1. The van der Waals surface area contributed by atoms with Crippen molar-refractivity contribution in [3.05, 3.63) is 27.7 Å². The van der Waals surface area contributed by atoms with E-state index in [9.17, 15) is 0 Å². The SMILES string of the molecule is Clc1cccc(NC2CC3CCC2C3)c1Br. The van der Waals surface area contributed by atoms with Gasteiger partial charge in [0.25, 0.3) is 0 Å². The van der Waals surface area contributed by atoms with Crippen LogP contribution in [-0.4, -0.2) is 6.04 Å². The monoisotopic (exact) mass is 299 g/mol. The molecule has 0 aliphatic heterocycles. The Labute approximate surface area is 110 Å². The third-order valence-corrected chi connectivity index (χ3v) is 5.43. The Balaban J connectivity index is 1.77. The maximum atomic E-state index is 6.09. The van der Waals surface area contributed by atoms with Crippen LogP contribution in [0.25, 0.3) is 0 Å². The molecular weight excluding hydrogens is 286 g/mol. The highest BCUT2D eigenvalue weighted by atomic mass is 79.9. The number of nitrogens with one attached hydrogen (secondary N) is 1. The maximum Gasteiger partial charge on any atom is 0.0593 e. The number of hydrogen-bond donors (Lipinski definition) is 1. The first-order valence-corrected chi connectivity index (χ1v) is 7.11. The van der Waals surface area contributed by atoms with E-state index >= 15 is 0 Å². The quantitative estimate of drug-likeness (QED) is 0.834. The summed E-state index contributed by atoms with van der Waals surface area (Å²) < 4.78 is 0.999. The van der Waals surface area contributed by atoms with Gasteiger partial charge in [-0.2, -0.15) is 0 Å². The molecule has 1 N–H and O–H groups in total. The summed E-state index contributed by atoms with van der Waals surface area (Å²) in [7, 11) is 0. The van der Waals surface area contributed by atoms with Crippen molar-refractivity contribution < 1.29 is 0 Å². The standard InChI is InChI=1S/C13H15BrClN/c14-13-10(15)2-1-3-11(13)16-12-7-8-4-5-9(12)6-8/h1-3,8-9,12,16H,4-7H2. The van der Waals surface area contributed by atoms with Gasteiger partial charge in [0, 0.05) is 6.04 Å². The summed E-state index contributed by atoms with van der Waals surface area (Å²) in [6, 6.07) is 6.68. The van der Waals surface area contributed by atoms with Crippen LogP contribution in [0.5, 0.6) is 0 Å². The molecule has 0 radical (unpaired) electrons. The Kier molecular flexibility index (Phi) is 2.88. The van der Waals surface area contributed by atoms with E-state index < -0.39 is 0 Å². The molecule has 3 rings (SSSR count). The van der Waals surface area contributed by atoms with Crippen molar-refractivity contribution in [2.75, 3.05) is 5.32 Å². The van der Waals surface area contributed by atoms with Gasteiger partial charge in [-0.3, -0.25) is 0 Å². The van der Waals surface area contributed by atoms with Crippen molar-refractivity contribution in [2.45, 2.75) is 31.7 Å². The van der Waals surface area contributed by atoms with E-state index in [0.29, 0.717) is 6.04 Å². The van der Waals surface area contributed by atoms with Crippen molar-refractivity contribution in [3.63, 3.8) is 0 Å². The number of fused-ring (bicyclic) bond motifs is 2. The molecular formula is C13H15BrClN.